The smallest absolute Gasteiger partial charge is 0.0223 e. The van der Waals surface area contributed by atoms with Gasteiger partial charge >= 0.3 is 0 Å². The molecule has 134 valence electrons. The van der Waals surface area contributed by atoms with Crippen LogP contribution < -0.4 is 5.73 Å². The van der Waals surface area contributed by atoms with E-state index in [9.17, 15) is 0 Å². The molecule has 0 aromatic carbocycles. The maximum absolute atomic E-state index is 6.23. The van der Waals surface area contributed by atoms with Crippen LogP contribution in [0.2, 0.25) is 0 Å². The van der Waals surface area contributed by atoms with E-state index in [-0.39, 0.29) is 0 Å². The molecule has 2 N–H and O–H groups in total. The average Bonchev–Trinajstić information content (AvgIpc) is 2.49. The van der Waals surface area contributed by atoms with E-state index in [1.165, 1.54) is 45.1 Å². The monoisotopic (exact) mass is 328 g/mol. The third-order valence-corrected chi connectivity index (χ3v) is 9.51. The van der Waals surface area contributed by atoms with E-state index >= 15 is 0 Å². The first kappa shape index (κ1) is 15.0. The third kappa shape index (κ3) is 2.02. The molecular formula is C22H36N2. The fourth-order valence-electron chi connectivity index (χ4n) is 9.90. The van der Waals surface area contributed by atoms with Gasteiger partial charge in [-0.2, -0.15) is 0 Å². The minimum Gasteiger partial charge on any atom is -0.329 e. The standard InChI is InChI=1S/C22H36N2/c23-1-2-24(21-9-15-3-16(10-21)5-17(4-15)11-21)22-12-18-6-19(13-22)8-20(7-18)14-22/h15-20H,1-14,23H2. The zero-order chi connectivity index (χ0) is 15.9. The van der Waals surface area contributed by atoms with Crippen molar-refractivity contribution in [1.82, 2.24) is 4.90 Å². The van der Waals surface area contributed by atoms with Gasteiger partial charge in [-0.3, -0.25) is 4.90 Å². The Kier molecular flexibility index (Phi) is 3.13. The van der Waals surface area contributed by atoms with Crippen molar-refractivity contribution in [1.29, 1.82) is 0 Å². The zero-order valence-corrected chi connectivity index (χ0v) is 15.4. The van der Waals surface area contributed by atoms with Crippen molar-refractivity contribution < 1.29 is 0 Å². The molecule has 0 aliphatic heterocycles. The minimum atomic E-state index is 0.569. The van der Waals surface area contributed by atoms with Gasteiger partial charge in [0.05, 0.1) is 0 Å². The van der Waals surface area contributed by atoms with Crippen molar-refractivity contribution in [2.75, 3.05) is 13.1 Å². The lowest BCUT2D eigenvalue weighted by Gasteiger charge is -2.69. The van der Waals surface area contributed by atoms with Crippen molar-refractivity contribution >= 4 is 0 Å². The minimum absolute atomic E-state index is 0.569. The van der Waals surface area contributed by atoms with Crippen molar-refractivity contribution in [3.8, 4) is 0 Å². The number of nitrogens with two attached hydrogens (primary N) is 1. The van der Waals surface area contributed by atoms with Crippen LogP contribution >= 0.6 is 0 Å². The van der Waals surface area contributed by atoms with Crippen molar-refractivity contribution in [2.45, 2.75) is 88.1 Å². The van der Waals surface area contributed by atoms with Crippen LogP contribution in [0.1, 0.15) is 77.0 Å². The summed E-state index contributed by atoms with van der Waals surface area (Å²) in [7, 11) is 0. The fourth-order valence-corrected chi connectivity index (χ4v) is 9.90. The molecule has 8 saturated carbocycles. The van der Waals surface area contributed by atoms with Crippen LogP contribution in [0.15, 0.2) is 0 Å². The van der Waals surface area contributed by atoms with Crippen molar-refractivity contribution in [3.05, 3.63) is 0 Å². The summed E-state index contributed by atoms with van der Waals surface area (Å²) in [5.41, 5.74) is 7.36. The van der Waals surface area contributed by atoms with Crippen LogP contribution in [0.25, 0.3) is 0 Å². The highest BCUT2D eigenvalue weighted by Gasteiger charge is 2.61. The van der Waals surface area contributed by atoms with E-state index in [0.717, 1.165) is 42.1 Å². The Bertz CT molecular complexity index is 409. The van der Waals surface area contributed by atoms with Gasteiger partial charge < -0.3 is 5.73 Å². The molecule has 0 radical (unpaired) electrons. The Hall–Kier alpha value is -0.0800. The Labute approximate surface area is 147 Å². The SMILES string of the molecule is NCCN(C12CC3CC(CC(C3)C1)C2)C12CC3CC(CC(C3)C1)C2. The van der Waals surface area contributed by atoms with E-state index in [2.05, 4.69) is 4.90 Å². The van der Waals surface area contributed by atoms with E-state index in [1.54, 1.807) is 38.5 Å². The number of hydrogen-bond acceptors (Lipinski definition) is 2. The van der Waals surface area contributed by atoms with Crippen molar-refractivity contribution in [2.24, 2.45) is 41.2 Å². The Morgan fingerprint density at radius 3 is 1.12 bits per heavy atom. The van der Waals surface area contributed by atoms with Gasteiger partial charge in [0.15, 0.2) is 0 Å². The highest BCUT2D eigenvalue weighted by Crippen LogP contribution is 2.64. The Balaban J connectivity index is 1.38. The molecule has 0 spiro atoms. The van der Waals surface area contributed by atoms with Crippen molar-refractivity contribution in [3.63, 3.8) is 0 Å². The van der Waals surface area contributed by atoms with Crippen LogP contribution in [-0.4, -0.2) is 29.1 Å². The van der Waals surface area contributed by atoms with E-state index in [4.69, 9.17) is 5.73 Å². The Morgan fingerprint density at radius 1 is 0.583 bits per heavy atom. The van der Waals surface area contributed by atoms with Gasteiger partial charge in [-0.05, 0) is 113 Å². The van der Waals surface area contributed by atoms with Gasteiger partial charge in [-0.25, -0.2) is 0 Å². The molecule has 8 aliphatic carbocycles. The second-order valence-corrected chi connectivity index (χ2v) is 11.2. The van der Waals surface area contributed by atoms with Gasteiger partial charge in [-0.15, -0.1) is 0 Å². The summed E-state index contributed by atoms with van der Waals surface area (Å²) >= 11 is 0. The predicted octanol–water partition coefficient (Wildman–Crippen LogP) is 4.18. The average molecular weight is 329 g/mol. The second-order valence-electron chi connectivity index (χ2n) is 11.2. The van der Waals surface area contributed by atoms with Gasteiger partial charge in [0, 0.05) is 24.2 Å². The fraction of sp³-hybridized carbons (Fsp3) is 1.00. The second kappa shape index (κ2) is 5.00. The molecule has 8 aliphatic rings. The lowest BCUT2D eigenvalue weighted by Crippen LogP contribution is -2.71. The zero-order valence-electron chi connectivity index (χ0n) is 15.4. The first-order valence-electron chi connectivity index (χ1n) is 11.1. The maximum Gasteiger partial charge on any atom is 0.0223 e. The molecule has 0 amide bonds. The first-order valence-corrected chi connectivity index (χ1v) is 11.1. The molecule has 0 aromatic heterocycles. The van der Waals surface area contributed by atoms with Crippen LogP contribution in [0, 0.1) is 35.5 Å². The molecule has 2 heteroatoms. The summed E-state index contributed by atoms with van der Waals surface area (Å²) in [4.78, 5) is 3.13. The molecule has 2 nitrogen and oxygen atoms in total. The first-order chi connectivity index (χ1) is 11.7. The largest absolute Gasteiger partial charge is 0.329 e. The van der Waals surface area contributed by atoms with Crippen LogP contribution in [-0.2, 0) is 0 Å². The Morgan fingerprint density at radius 2 is 0.875 bits per heavy atom. The summed E-state index contributed by atoms with van der Waals surface area (Å²) in [5, 5.41) is 0. The molecule has 8 bridgehead atoms. The summed E-state index contributed by atoms with van der Waals surface area (Å²) in [5.74, 6) is 6.36. The summed E-state index contributed by atoms with van der Waals surface area (Å²) in [6, 6.07) is 0. The van der Waals surface area contributed by atoms with E-state index < -0.39 is 0 Å². The highest BCUT2D eigenvalue weighted by molar-refractivity contribution is 5.15. The summed E-state index contributed by atoms with van der Waals surface area (Å²) in [6.07, 6.45) is 18.6. The van der Waals surface area contributed by atoms with Crippen LogP contribution in [0.5, 0.6) is 0 Å². The molecule has 0 heterocycles. The lowest BCUT2D eigenvalue weighted by atomic mass is 9.48. The molecule has 0 saturated heterocycles. The predicted molar refractivity (Wildman–Crippen MR) is 97.6 cm³/mol. The summed E-state index contributed by atoms with van der Waals surface area (Å²) in [6.45, 7) is 2.07. The lowest BCUT2D eigenvalue weighted by molar-refractivity contribution is -0.177. The molecule has 0 unspecified atom stereocenters. The van der Waals surface area contributed by atoms with E-state index in [0.29, 0.717) is 11.1 Å². The molecule has 0 atom stereocenters. The number of rotatable bonds is 4. The summed E-state index contributed by atoms with van der Waals surface area (Å²) < 4.78 is 0. The topological polar surface area (TPSA) is 29.3 Å². The third-order valence-electron chi connectivity index (χ3n) is 9.51. The van der Waals surface area contributed by atoms with Gasteiger partial charge in [0.1, 0.15) is 0 Å². The molecular weight excluding hydrogens is 292 g/mol. The van der Waals surface area contributed by atoms with Gasteiger partial charge in [-0.1, -0.05) is 0 Å². The van der Waals surface area contributed by atoms with Crippen LogP contribution in [0.3, 0.4) is 0 Å². The quantitative estimate of drug-likeness (QED) is 0.838. The normalized spacial score (nSPS) is 57.2. The van der Waals surface area contributed by atoms with E-state index in [1.807, 2.05) is 0 Å². The number of hydrogen-bond donors (Lipinski definition) is 1. The number of nitrogens with zero attached hydrogens (tertiary/aromatic N) is 1. The van der Waals surface area contributed by atoms with Gasteiger partial charge in [0.2, 0.25) is 0 Å². The molecule has 8 fully saturated rings. The van der Waals surface area contributed by atoms with Gasteiger partial charge in [0.25, 0.3) is 0 Å². The highest BCUT2D eigenvalue weighted by atomic mass is 15.3. The maximum atomic E-state index is 6.23. The van der Waals surface area contributed by atoms with Crippen LogP contribution in [0.4, 0.5) is 0 Å². The molecule has 0 aromatic rings. The molecule has 24 heavy (non-hydrogen) atoms. The molecule has 8 rings (SSSR count).